The predicted octanol–water partition coefficient (Wildman–Crippen LogP) is 3.46. The van der Waals surface area contributed by atoms with Gasteiger partial charge in [-0.1, -0.05) is 46.5 Å². The van der Waals surface area contributed by atoms with E-state index in [1.807, 2.05) is 13.8 Å². The van der Waals surface area contributed by atoms with Gasteiger partial charge in [-0.25, -0.2) is 13.6 Å². The summed E-state index contributed by atoms with van der Waals surface area (Å²) in [5, 5.41) is 2.76. The van der Waals surface area contributed by atoms with E-state index in [1.54, 1.807) is 25.7 Å². The van der Waals surface area contributed by atoms with Crippen molar-refractivity contribution in [3.8, 4) is 0 Å². The van der Waals surface area contributed by atoms with E-state index in [4.69, 9.17) is 21.9 Å². The fraction of sp³-hybridized carbons (Fsp3) is 0.839. The molecule has 274 valence electrons. The van der Waals surface area contributed by atoms with E-state index in [-0.39, 0.29) is 29.9 Å². The van der Waals surface area contributed by atoms with Crippen molar-refractivity contribution in [3.05, 3.63) is 0 Å². The summed E-state index contributed by atoms with van der Waals surface area (Å²) in [6, 6.07) is -1.09. The number of hydrogen-bond acceptors (Lipinski definition) is 10. The van der Waals surface area contributed by atoms with Crippen molar-refractivity contribution in [3.63, 3.8) is 0 Å². The van der Waals surface area contributed by atoms with E-state index >= 15 is 0 Å². The summed E-state index contributed by atoms with van der Waals surface area (Å²) in [6.07, 6.45) is 5.97. The lowest BCUT2D eigenvalue weighted by Crippen LogP contribution is -2.55. The van der Waals surface area contributed by atoms with Crippen molar-refractivity contribution >= 4 is 30.4 Å². The van der Waals surface area contributed by atoms with Gasteiger partial charge < -0.3 is 36.9 Å². The summed E-state index contributed by atoms with van der Waals surface area (Å²) in [4.78, 5) is 57.8. The topological polar surface area (TPSA) is 214 Å². The number of halogens is 3. The summed E-state index contributed by atoms with van der Waals surface area (Å²) < 4.78 is 37.0. The normalized spacial score (nSPS) is 17.9. The number of carbonyl (C=O) groups is 5. The molecular formula is C31H63F3N6O6. The number of hydrogen-bond donors (Lipinski definition) is 5. The van der Waals surface area contributed by atoms with Gasteiger partial charge in [-0.15, -0.1) is 0 Å². The number of carbonyl (C=O) groups excluding carboxylic acids is 5. The molecule has 1 heterocycles. The average Bonchev–Trinajstić information content (AvgIpc) is 3.20. The van der Waals surface area contributed by atoms with Crippen LogP contribution in [0.25, 0.3) is 0 Å². The molecule has 0 radical (unpaired) electrons. The third-order valence-corrected chi connectivity index (χ3v) is 6.56. The lowest BCUT2D eigenvalue weighted by Gasteiger charge is -2.32. The number of nitrogens with zero attached hydrogens (tertiary/aromatic N) is 1. The maximum absolute atomic E-state index is 13.2. The predicted molar refractivity (Wildman–Crippen MR) is 176 cm³/mol. The van der Waals surface area contributed by atoms with Crippen LogP contribution in [-0.2, 0) is 23.9 Å². The Morgan fingerprint density at radius 1 is 1.00 bits per heavy atom. The lowest BCUT2D eigenvalue weighted by molar-refractivity contribution is -0.138. The Morgan fingerprint density at radius 2 is 1.50 bits per heavy atom. The minimum absolute atomic E-state index is 0.0571. The fourth-order valence-corrected chi connectivity index (χ4v) is 4.39. The van der Waals surface area contributed by atoms with Crippen LogP contribution >= 0.6 is 0 Å². The molecule has 2 amide bonds. The van der Waals surface area contributed by atoms with Crippen LogP contribution in [-0.4, -0.2) is 93.3 Å². The van der Waals surface area contributed by atoms with Gasteiger partial charge in [0, 0.05) is 19.4 Å². The summed E-state index contributed by atoms with van der Waals surface area (Å²) in [5.41, 5.74) is 18.9. The molecular weight excluding hydrogens is 609 g/mol. The molecule has 2 rings (SSSR count). The number of ether oxygens (including phenoxy) is 1. The number of aldehydes is 2. The first-order valence-corrected chi connectivity index (χ1v) is 15.9. The highest BCUT2D eigenvalue weighted by Gasteiger charge is 2.41. The molecule has 2 aliphatic rings. The quantitative estimate of drug-likeness (QED) is 0.0986. The van der Waals surface area contributed by atoms with Gasteiger partial charge >= 0.3 is 6.09 Å². The van der Waals surface area contributed by atoms with Gasteiger partial charge in [-0.3, -0.25) is 24.5 Å². The number of amides is 2. The van der Waals surface area contributed by atoms with E-state index in [0.717, 1.165) is 57.8 Å². The largest absolute Gasteiger partial charge is 0.429 e. The van der Waals surface area contributed by atoms with Crippen LogP contribution in [0.3, 0.4) is 0 Å². The van der Waals surface area contributed by atoms with Crippen LogP contribution in [0.4, 0.5) is 18.0 Å². The molecule has 1 saturated carbocycles. The highest BCUT2D eigenvalue weighted by Crippen LogP contribution is 2.29. The van der Waals surface area contributed by atoms with Crippen molar-refractivity contribution in [2.75, 3.05) is 33.9 Å². The van der Waals surface area contributed by atoms with Crippen LogP contribution in [0, 0.1) is 11.8 Å². The van der Waals surface area contributed by atoms with Crippen LogP contribution in [0.5, 0.6) is 0 Å². The third-order valence-electron chi connectivity index (χ3n) is 6.56. The first-order valence-electron chi connectivity index (χ1n) is 15.9. The molecule has 0 aromatic heterocycles. The number of nitrogens with one attached hydrogen (secondary N) is 1. The fourth-order valence-electron chi connectivity index (χ4n) is 4.39. The second-order valence-corrected chi connectivity index (χ2v) is 11.0. The van der Waals surface area contributed by atoms with Gasteiger partial charge in [0.2, 0.25) is 12.3 Å². The minimum Gasteiger partial charge on any atom is -0.429 e. The number of alkyl halides is 3. The molecule has 0 spiro atoms. The smallest absolute Gasteiger partial charge is 0.409 e. The molecule has 2 unspecified atom stereocenters. The molecule has 0 bridgehead atoms. The first-order chi connectivity index (χ1) is 21.7. The number of likely N-dealkylation sites (tertiary alicyclic amines) is 1. The number of nitrogens with two attached hydrogens (primary N) is 4. The number of alkyl carbamates (subject to hydrolysis) is 1. The van der Waals surface area contributed by atoms with Crippen molar-refractivity contribution in [1.82, 2.24) is 10.2 Å². The lowest BCUT2D eigenvalue weighted by atomic mass is 9.90. The van der Waals surface area contributed by atoms with Gasteiger partial charge in [-0.05, 0) is 71.5 Å². The molecule has 0 aromatic rings. The van der Waals surface area contributed by atoms with Crippen molar-refractivity contribution in [2.45, 2.75) is 123 Å². The molecule has 0 aromatic carbocycles. The number of ketones is 1. The highest BCUT2D eigenvalue weighted by molar-refractivity contribution is 6.24. The van der Waals surface area contributed by atoms with Crippen LogP contribution in [0.15, 0.2) is 0 Å². The Hall–Kier alpha value is -2.62. The van der Waals surface area contributed by atoms with Crippen molar-refractivity contribution < 1.29 is 41.9 Å². The van der Waals surface area contributed by atoms with E-state index in [0.29, 0.717) is 39.4 Å². The zero-order valence-electron chi connectivity index (χ0n) is 29.1. The SMILES string of the molecule is CCC(=O)C=O.CCN.CF.CN.C[C@H]1CCN(C(=O)C(NC(=O)OC(C)(C)N)C2CCCCCC2)C1C=O.NCCCC(F)F. The van der Waals surface area contributed by atoms with Crippen LogP contribution < -0.4 is 28.3 Å². The maximum Gasteiger partial charge on any atom is 0.409 e. The van der Waals surface area contributed by atoms with Gasteiger partial charge in [-0.2, -0.15) is 0 Å². The van der Waals surface area contributed by atoms with E-state index in [9.17, 15) is 37.1 Å². The van der Waals surface area contributed by atoms with Gasteiger partial charge in [0.25, 0.3) is 0 Å². The second kappa shape index (κ2) is 32.3. The Balaban J connectivity index is -0.000000361. The Kier molecular flexibility index (Phi) is 35.3. The molecule has 2 fully saturated rings. The molecule has 1 aliphatic carbocycles. The molecule has 46 heavy (non-hydrogen) atoms. The van der Waals surface area contributed by atoms with E-state index < -0.39 is 30.3 Å². The van der Waals surface area contributed by atoms with Crippen molar-refractivity contribution in [2.24, 2.45) is 34.8 Å². The summed E-state index contributed by atoms with van der Waals surface area (Å²) in [5.74, 6) is -0.317. The number of Topliss-reactive ketones (excluding diaryl/α,β-unsaturated/α-hetero) is 1. The van der Waals surface area contributed by atoms with Gasteiger partial charge in [0.1, 0.15) is 12.3 Å². The standard InChI is InChI=1S/C19H33N3O4.C4H9F2N.C4H6O2.C2H7N.CH3F.CH5N/c1-13-10-11-22(15(13)12-23)17(24)16(14-8-6-4-5-7-9-14)21-18(25)26-19(2,3)20;5-4(6)2-1-3-7;1-2-4(6)3-5;1-2-3;2*1-2/h12-16H,4-11,20H2,1-3H3,(H,21,25);4H,1-3,7H2;3H,2H2,1H3;2-3H2,1H3;1H3;2H2,1H3/t13-,15?,16?;;;;;/m0...../s1. The molecule has 9 N–H and O–H groups in total. The molecule has 12 nitrogen and oxygen atoms in total. The Bertz CT molecular complexity index is 782. The average molecular weight is 673 g/mol. The zero-order valence-corrected chi connectivity index (χ0v) is 29.1. The first kappa shape index (κ1) is 50.2. The molecule has 1 aliphatic heterocycles. The number of rotatable bonds is 10. The zero-order chi connectivity index (χ0) is 36.7. The Morgan fingerprint density at radius 3 is 1.83 bits per heavy atom. The van der Waals surface area contributed by atoms with Gasteiger partial charge in [0.15, 0.2) is 17.8 Å². The molecule has 15 heteroatoms. The highest BCUT2D eigenvalue weighted by atomic mass is 19.3. The summed E-state index contributed by atoms with van der Waals surface area (Å²) in [6.45, 7) is 10.4. The Labute approximate surface area is 274 Å². The second-order valence-electron chi connectivity index (χ2n) is 11.0. The van der Waals surface area contributed by atoms with E-state index in [2.05, 4.69) is 11.1 Å². The molecule has 1 saturated heterocycles. The summed E-state index contributed by atoms with van der Waals surface area (Å²) >= 11 is 0. The van der Waals surface area contributed by atoms with Crippen molar-refractivity contribution in [1.29, 1.82) is 0 Å². The van der Waals surface area contributed by atoms with Gasteiger partial charge in [0.05, 0.1) is 13.2 Å². The summed E-state index contributed by atoms with van der Waals surface area (Å²) in [7, 11) is 2.00. The minimum atomic E-state index is -2.18. The van der Waals surface area contributed by atoms with E-state index in [1.165, 1.54) is 7.05 Å². The monoisotopic (exact) mass is 672 g/mol. The maximum atomic E-state index is 13.2. The van der Waals surface area contributed by atoms with Crippen LogP contribution in [0.1, 0.15) is 98.8 Å². The molecule has 3 atom stereocenters. The third kappa shape index (κ3) is 26.6. The van der Waals surface area contributed by atoms with Crippen LogP contribution in [0.2, 0.25) is 0 Å².